The first kappa shape index (κ1) is 17.2. The minimum absolute atomic E-state index is 0.227. The molecule has 0 radical (unpaired) electrons. The lowest BCUT2D eigenvalue weighted by molar-refractivity contribution is 0.0967. The van der Waals surface area contributed by atoms with E-state index in [-0.39, 0.29) is 6.10 Å². The molecule has 0 spiro atoms. The molecule has 1 unspecified atom stereocenters. The zero-order valence-corrected chi connectivity index (χ0v) is 16.2. The maximum Gasteiger partial charge on any atom is 0.199 e. The summed E-state index contributed by atoms with van der Waals surface area (Å²) in [6, 6.07) is 8.35. The van der Waals surface area contributed by atoms with Gasteiger partial charge in [-0.25, -0.2) is 4.68 Å². The third kappa shape index (κ3) is 3.24. The summed E-state index contributed by atoms with van der Waals surface area (Å²) in [5.41, 5.74) is 2.23. The number of para-hydroxylation sites is 1. The monoisotopic (exact) mass is 383 g/mol. The van der Waals surface area contributed by atoms with Crippen LogP contribution >= 0.6 is 12.2 Å². The number of fused-ring (bicyclic) bond motifs is 1. The molecule has 2 aliphatic heterocycles. The molecule has 2 fully saturated rings. The maximum atomic E-state index is 5.89. The van der Waals surface area contributed by atoms with Crippen LogP contribution in [0.25, 0.3) is 22.3 Å². The molecular weight excluding hydrogens is 358 g/mol. The molecule has 3 aromatic rings. The first-order chi connectivity index (χ1) is 13.3. The number of benzene rings is 1. The Morgan fingerprint density at radius 2 is 2.04 bits per heavy atom. The number of nitrogens with one attached hydrogen (secondary N) is 1. The molecule has 1 N–H and O–H groups in total. The summed E-state index contributed by atoms with van der Waals surface area (Å²) < 4.78 is 10.9. The summed E-state index contributed by atoms with van der Waals surface area (Å²) in [6.45, 7) is 4.65. The molecule has 4 heterocycles. The quantitative estimate of drug-likeness (QED) is 0.681. The first-order valence-electron chi connectivity index (χ1n) is 9.88. The molecule has 7 heteroatoms. The summed E-state index contributed by atoms with van der Waals surface area (Å²) in [5, 5.41) is 6.15. The average Bonchev–Trinajstić information content (AvgIpc) is 3.47. The number of hydrogen-bond acceptors (Lipinski definition) is 4. The van der Waals surface area contributed by atoms with E-state index in [9.17, 15) is 0 Å². The van der Waals surface area contributed by atoms with Crippen molar-refractivity contribution in [2.45, 2.75) is 45.0 Å². The van der Waals surface area contributed by atoms with Crippen molar-refractivity contribution in [3.05, 3.63) is 35.2 Å². The number of likely N-dealkylation sites (tertiary alicyclic amines) is 1. The molecule has 0 saturated carbocycles. The van der Waals surface area contributed by atoms with Crippen LogP contribution in [0.15, 0.2) is 30.5 Å². The van der Waals surface area contributed by atoms with E-state index >= 15 is 0 Å². The third-order valence-electron chi connectivity index (χ3n) is 5.70. The fraction of sp³-hybridized carbons (Fsp3) is 0.500. The van der Waals surface area contributed by atoms with Crippen LogP contribution in [0.3, 0.4) is 0 Å². The third-order valence-corrected chi connectivity index (χ3v) is 6.13. The second-order valence-corrected chi connectivity index (χ2v) is 7.93. The maximum absolute atomic E-state index is 5.89. The summed E-state index contributed by atoms with van der Waals surface area (Å²) >= 11 is 5.85. The van der Waals surface area contributed by atoms with Crippen LogP contribution in [-0.4, -0.2) is 50.0 Å². The molecule has 2 aromatic heterocycles. The number of ether oxygens (including phenoxy) is 1. The van der Waals surface area contributed by atoms with Gasteiger partial charge < -0.3 is 9.72 Å². The molecule has 27 heavy (non-hydrogen) atoms. The Morgan fingerprint density at radius 3 is 2.85 bits per heavy atom. The van der Waals surface area contributed by atoms with Crippen molar-refractivity contribution in [3.63, 3.8) is 0 Å². The molecule has 2 aliphatic rings. The van der Waals surface area contributed by atoms with E-state index in [2.05, 4.69) is 32.7 Å². The average molecular weight is 384 g/mol. The molecule has 0 bridgehead atoms. The lowest BCUT2D eigenvalue weighted by atomic mass is 10.1. The van der Waals surface area contributed by atoms with E-state index < -0.39 is 0 Å². The second-order valence-electron chi connectivity index (χ2n) is 7.57. The van der Waals surface area contributed by atoms with Crippen LogP contribution in [0.5, 0.6) is 0 Å². The van der Waals surface area contributed by atoms with Crippen LogP contribution in [0.1, 0.15) is 25.7 Å². The van der Waals surface area contributed by atoms with Crippen molar-refractivity contribution in [3.8, 4) is 11.4 Å². The van der Waals surface area contributed by atoms with Gasteiger partial charge in [0.05, 0.1) is 19.3 Å². The molecule has 0 aliphatic carbocycles. The van der Waals surface area contributed by atoms with Gasteiger partial charge in [0.25, 0.3) is 0 Å². The first-order valence-corrected chi connectivity index (χ1v) is 10.3. The lowest BCUT2D eigenvalue weighted by Crippen LogP contribution is -2.24. The minimum Gasteiger partial charge on any atom is -0.376 e. The Labute approximate surface area is 163 Å². The van der Waals surface area contributed by atoms with Crippen LogP contribution in [0.4, 0.5) is 0 Å². The van der Waals surface area contributed by atoms with Gasteiger partial charge in [-0.05, 0) is 57.1 Å². The van der Waals surface area contributed by atoms with Gasteiger partial charge in [-0.2, -0.15) is 5.10 Å². The van der Waals surface area contributed by atoms with Gasteiger partial charge in [0.15, 0.2) is 10.6 Å². The molecule has 6 nitrogen and oxygen atoms in total. The van der Waals surface area contributed by atoms with Crippen molar-refractivity contribution in [1.29, 1.82) is 0 Å². The zero-order chi connectivity index (χ0) is 18.2. The Balaban J connectivity index is 1.58. The molecule has 142 valence electrons. The number of rotatable bonds is 5. The highest BCUT2D eigenvalue weighted by molar-refractivity contribution is 7.71. The Morgan fingerprint density at radius 1 is 1.19 bits per heavy atom. The van der Waals surface area contributed by atoms with Gasteiger partial charge >= 0.3 is 0 Å². The summed E-state index contributed by atoms with van der Waals surface area (Å²) in [5.74, 6) is 0.937. The Bertz CT molecular complexity index is 991. The van der Waals surface area contributed by atoms with Crippen LogP contribution < -0.4 is 0 Å². The molecule has 0 amide bonds. The van der Waals surface area contributed by atoms with Crippen molar-refractivity contribution in [2.75, 3.05) is 19.7 Å². The van der Waals surface area contributed by atoms with E-state index in [1.165, 1.54) is 18.2 Å². The highest BCUT2D eigenvalue weighted by atomic mass is 32.1. The summed E-state index contributed by atoms with van der Waals surface area (Å²) in [4.78, 5) is 5.80. The topological polar surface area (TPSA) is 51.0 Å². The van der Waals surface area contributed by atoms with Gasteiger partial charge in [0.2, 0.25) is 0 Å². The lowest BCUT2D eigenvalue weighted by Gasteiger charge is -2.14. The highest BCUT2D eigenvalue weighted by Crippen LogP contribution is 2.29. The Hall–Kier alpha value is -1.96. The van der Waals surface area contributed by atoms with Crippen molar-refractivity contribution in [2.24, 2.45) is 0 Å². The van der Waals surface area contributed by atoms with Gasteiger partial charge in [-0.15, -0.1) is 0 Å². The van der Waals surface area contributed by atoms with Crippen molar-refractivity contribution >= 4 is 23.1 Å². The van der Waals surface area contributed by atoms with Crippen LogP contribution in [0, 0.1) is 4.77 Å². The molecule has 1 aromatic carbocycles. The summed E-state index contributed by atoms with van der Waals surface area (Å²) in [6.07, 6.45) is 7.02. The van der Waals surface area contributed by atoms with Gasteiger partial charge in [-0.1, -0.05) is 18.2 Å². The molecular formula is C20H25N5OS. The number of hydrogen-bond donors (Lipinski definition) is 1. The second kappa shape index (κ2) is 7.22. The minimum atomic E-state index is 0.227. The molecule has 1 atom stereocenters. The van der Waals surface area contributed by atoms with Crippen molar-refractivity contribution < 1.29 is 4.74 Å². The van der Waals surface area contributed by atoms with E-state index in [0.29, 0.717) is 0 Å². The van der Waals surface area contributed by atoms with Crippen molar-refractivity contribution in [1.82, 2.24) is 24.2 Å². The smallest absolute Gasteiger partial charge is 0.199 e. The largest absolute Gasteiger partial charge is 0.376 e. The predicted octanol–water partition coefficient (Wildman–Crippen LogP) is 3.79. The van der Waals surface area contributed by atoms with Gasteiger partial charge in [-0.3, -0.25) is 9.47 Å². The number of aromatic nitrogens is 4. The standard InChI is InChI=1S/C20H25N5OS/c27-20-24(13-15-6-5-11-26-15)19(22-25(20)14-23-9-3-4-10-23)17-12-21-18-8-2-1-7-16(17)18/h1-2,7-8,12,15,21H,3-6,9-11,13-14H2. The predicted molar refractivity (Wildman–Crippen MR) is 108 cm³/mol. The SMILES string of the molecule is S=c1n(CN2CCCC2)nc(-c2c[nH]c3ccccc23)n1CC1CCCO1. The molecule has 5 rings (SSSR count). The normalized spacial score (nSPS) is 20.8. The van der Waals surface area contributed by atoms with E-state index in [1.54, 1.807) is 0 Å². The number of nitrogens with zero attached hydrogens (tertiary/aromatic N) is 4. The van der Waals surface area contributed by atoms with Gasteiger partial charge in [0, 0.05) is 29.3 Å². The van der Waals surface area contributed by atoms with E-state index in [0.717, 1.165) is 67.4 Å². The summed E-state index contributed by atoms with van der Waals surface area (Å²) in [7, 11) is 0. The fourth-order valence-electron chi connectivity index (χ4n) is 4.26. The number of H-pyrrole nitrogens is 1. The van der Waals surface area contributed by atoms with Crippen LogP contribution in [0.2, 0.25) is 0 Å². The highest BCUT2D eigenvalue weighted by Gasteiger charge is 2.23. The fourth-order valence-corrected chi connectivity index (χ4v) is 4.52. The van der Waals surface area contributed by atoms with E-state index in [4.69, 9.17) is 22.1 Å². The molecule has 2 saturated heterocycles. The zero-order valence-electron chi connectivity index (χ0n) is 15.4. The van der Waals surface area contributed by atoms with E-state index in [1.807, 2.05) is 16.9 Å². The van der Waals surface area contributed by atoms with Crippen LogP contribution in [-0.2, 0) is 18.0 Å². The Kier molecular flexibility index (Phi) is 4.59. The van der Waals surface area contributed by atoms with Gasteiger partial charge in [0.1, 0.15) is 0 Å². The number of aromatic amines is 1.